The van der Waals surface area contributed by atoms with Gasteiger partial charge in [-0.25, -0.2) is 4.79 Å². The molecule has 0 fully saturated rings. The third kappa shape index (κ3) is 5.03. The molecule has 0 aliphatic rings. The summed E-state index contributed by atoms with van der Waals surface area (Å²) in [4.78, 5) is 25.6. The molecular weight excluding hydrogens is 368 g/mol. The van der Waals surface area contributed by atoms with Crippen molar-refractivity contribution in [3.63, 3.8) is 0 Å². The van der Waals surface area contributed by atoms with Gasteiger partial charge in [0.15, 0.2) is 6.54 Å². The van der Waals surface area contributed by atoms with Crippen molar-refractivity contribution in [2.75, 3.05) is 25.5 Å². The van der Waals surface area contributed by atoms with E-state index in [4.69, 9.17) is 9.15 Å². The van der Waals surface area contributed by atoms with Crippen LogP contribution in [0.25, 0.3) is 11.0 Å². The zero-order valence-electron chi connectivity index (χ0n) is 17.3. The molecule has 2 aromatic carbocycles. The molecule has 2 N–H and O–H groups in total. The van der Waals surface area contributed by atoms with Gasteiger partial charge in [-0.1, -0.05) is 0 Å². The number of fused-ring (bicyclic) bond motifs is 1. The van der Waals surface area contributed by atoms with E-state index in [1.165, 1.54) is 6.07 Å². The highest BCUT2D eigenvalue weighted by Gasteiger charge is 2.17. The van der Waals surface area contributed by atoms with Gasteiger partial charge in [-0.2, -0.15) is 0 Å². The summed E-state index contributed by atoms with van der Waals surface area (Å²) in [6.07, 6.45) is 0. The van der Waals surface area contributed by atoms with Crippen molar-refractivity contribution in [1.29, 1.82) is 0 Å². The van der Waals surface area contributed by atoms with Crippen molar-refractivity contribution in [2.45, 2.75) is 27.3 Å². The Hall–Kier alpha value is -3.12. The van der Waals surface area contributed by atoms with E-state index >= 15 is 0 Å². The van der Waals surface area contributed by atoms with E-state index in [1.54, 1.807) is 19.2 Å². The molecular formula is C23H27N2O4+. The van der Waals surface area contributed by atoms with E-state index in [0.29, 0.717) is 18.7 Å². The zero-order valence-corrected chi connectivity index (χ0v) is 17.3. The first-order chi connectivity index (χ1) is 13.9. The largest absolute Gasteiger partial charge is 0.497 e. The molecule has 1 unspecified atom stereocenters. The molecule has 29 heavy (non-hydrogen) atoms. The zero-order chi connectivity index (χ0) is 21.0. The highest BCUT2D eigenvalue weighted by atomic mass is 16.5. The predicted molar refractivity (Wildman–Crippen MR) is 114 cm³/mol. The lowest BCUT2D eigenvalue weighted by atomic mass is 10.0. The molecule has 152 valence electrons. The van der Waals surface area contributed by atoms with Crippen LogP contribution >= 0.6 is 0 Å². The average Bonchev–Trinajstić information content (AvgIpc) is 2.69. The second-order valence-corrected chi connectivity index (χ2v) is 7.26. The van der Waals surface area contributed by atoms with Crippen molar-refractivity contribution < 1.29 is 18.8 Å². The minimum atomic E-state index is -0.367. The van der Waals surface area contributed by atoms with E-state index in [-0.39, 0.29) is 11.5 Å². The van der Waals surface area contributed by atoms with Gasteiger partial charge in [-0.15, -0.1) is 0 Å². The second-order valence-electron chi connectivity index (χ2n) is 7.26. The third-order valence-corrected chi connectivity index (χ3v) is 5.17. The molecule has 1 heterocycles. The molecule has 6 nitrogen and oxygen atoms in total. The van der Waals surface area contributed by atoms with E-state index in [9.17, 15) is 9.59 Å². The smallest absolute Gasteiger partial charge is 0.336 e. The molecule has 0 aliphatic heterocycles. The number of hydrogen-bond acceptors (Lipinski definition) is 4. The lowest BCUT2D eigenvalue weighted by molar-refractivity contribution is -0.903. The fourth-order valence-electron chi connectivity index (χ4n) is 3.32. The van der Waals surface area contributed by atoms with Gasteiger partial charge >= 0.3 is 5.63 Å². The number of quaternary nitrogens is 1. The van der Waals surface area contributed by atoms with Crippen molar-refractivity contribution in [3.8, 4) is 5.75 Å². The molecule has 0 saturated heterocycles. The maximum Gasteiger partial charge on any atom is 0.336 e. The Morgan fingerprint density at radius 2 is 1.79 bits per heavy atom. The fraction of sp³-hybridized carbons (Fsp3) is 0.304. The Balaban J connectivity index is 1.76. The molecule has 0 saturated carbocycles. The molecule has 0 spiro atoms. The summed E-state index contributed by atoms with van der Waals surface area (Å²) in [5, 5.41) is 3.84. The molecule has 6 heteroatoms. The number of carbonyl (C=O) groups excluding carboxylic acids is 1. The summed E-state index contributed by atoms with van der Waals surface area (Å²) >= 11 is 0. The first-order valence-electron chi connectivity index (χ1n) is 9.71. The highest BCUT2D eigenvalue weighted by Crippen LogP contribution is 2.21. The minimum absolute atomic E-state index is 0.0775. The van der Waals surface area contributed by atoms with Gasteiger partial charge in [0.1, 0.15) is 17.9 Å². The molecule has 1 amide bonds. The number of carbonyl (C=O) groups is 1. The van der Waals surface area contributed by atoms with Crippen LogP contribution in [0.5, 0.6) is 5.75 Å². The number of nitrogens with one attached hydrogen (secondary N) is 2. The Morgan fingerprint density at radius 1 is 1.10 bits per heavy atom. The lowest BCUT2D eigenvalue weighted by Gasteiger charge is -2.18. The maximum atomic E-state index is 12.5. The number of amides is 1. The van der Waals surface area contributed by atoms with Crippen LogP contribution in [0.2, 0.25) is 0 Å². The van der Waals surface area contributed by atoms with Crippen LogP contribution in [0.1, 0.15) is 23.6 Å². The van der Waals surface area contributed by atoms with Gasteiger partial charge in [-0.05, 0) is 68.3 Å². The lowest BCUT2D eigenvalue weighted by Crippen LogP contribution is -3.11. The second kappa shape index (κ2) is 8.92. The van der Waals surface area contributed by atoms with Crippen LogP contribution in [0.3, 0.4) is 0 Å². The van der Waals surface area contributed by atoms with Crippen LogP contribution in [0.15, 0.2) is 51.7 Å². The predicted octanol–water partition coefficient (Wildman–Crippen LogP) is 2.46. The van der Waals surface area contributed by atoms with E-state index in [0.717, 1.165) is 45.0 Å². The Kier molecular flexibility index (Phi) is 6.34. The van der Waals surface area contributed by atoms with Gasteiger partial charge in [0, 0.05) is 22.7 Å². The summed E-state index contributed by atoms with van der Waals surface area (Å²) in [6.45, 7) is 7.68. The quantitative estimate of drug-likeness (QED) is 0.603. The number of methoxy groups -OCH3 is 1. The van der Waals surface area contributed by atoms with Gasteiger partial charge in [0.2, 0.25) is 0 Å². The highest BCUT2D eigenvalue weighted by molar-refractivity contribution is 5.91. The standard InChI is InChI=1S/C23H26N2O4/c1-5-25(14-22(26)24-18-6-8-19(28-4)9-7-18)13-17-12-23(27)29-21-11-16(3)15(2)10-20(17)21/h6-12H,5,13-14H2,1-4H3,(H,24,26)/p+1. The van der Waals surface area contributed by atoms with E-state index < -0.39 is 0 Å². The SMILES string of the molecule is CC[NH+](CC(=O)Nc1ccc(OC)cc1)Cc1cc(=O)oc2cc(C)c(C)cc12. The molecule has 0 bridgehead atoms. The maximum absolute atomic E-state index is 12.5. The van der Waals surface area contributed by atoms with Crippen LogP contribution < -0.4 is 20.6 Å². The number of aryl methyl sites for hydroxylation is 2. The minimum Gasteiger partial charge on any atom is -0.497 e. The number of rotatable bonds is 7. The summed E-state index contributed by atoms with van der Waals surface area (Å²) < 4.78 is 10.5. The Morgan fingerprint density at radius 3 is 2.45 bits per heavy atom. The fourth-order valence-corrected chi connectivity index (χ4v) is 3.32. The Labute approximate surface area is 170 Å². The van der Waals surface area contributed by atoms with Gasteiger partial charge in [0.05, 0.1) is 13.7 Å². The monoisotopic (exact) mass is 395 g/mol. The normalized spacial score (nSPS) is 12.0. The first-order valence-corrected chi connectivity index (χ1v) is 9.71. The topological polar surface area (TPSA) is 73.0 Å². The Bertz CT molecular complexity index is 1070. The molecule has 0 aliphatic carbocycles. The third-order valence-electron chi connectivity index (χ3n) is 5.17. The average molecular weight is 395 g/mol. The summed E-state index contributed by atoms with van der Waals surface area (Å²) in [5.41, 5.74) is 4.07. The molecule has 1 aromatic heterocycles. The number of ether oxygens (including phenoxy) is 1. The van der Waals surface area contributed by atoms with Crippen molar-refractivity contribution in [3.05, 3.63) is 69.6 Å². The van der Waals surface area contributed by atoms with Gasteiger partial charge in [-0.3, -0.25) is 4.79 Å². The summed E-state index contributed by atoms with van der Waals surface area (Å²) in [7, 11) is 1.60. The number of hydrogen-bond donors (Lipinski definition) is 2. The first kappa shape index (κ1) is 20.6. The summed E-state index contributed by atoms with van der Waals surface area (Å²) in [6, 6.07) is 12.7. The van der Waals surface area contributed by atoms with Gasteiger partial charge < -0.3 is 19.4 Å². The number of anilines is 1. The molecule has 1 atom stereocenters. The van der Waals surface area contributed by atoms with Crippen LogP contribution in [0.4, 0.5) is 5.69 Å². The van der Waals surface area contributed by atoms with E-state index in [1.807, 2.05) is 45.0 Å². The molecule has 3 aromatic rings. The van der Waals surface area contributed by atoms with E-state index in [2.05, 4.69) is 5.32 Å². The van der Waals surface area contributed by atoms with Crippen molar-refractivity contribution in [1.82, 2.24) is 0 Å². The molecule has 3 rings (SSSR count). The van der Waals surface area contributed by atoms with Crippen LogP contribution in [0, 0.1) is 13.8 Å². The van der Waals surface area contributed by atoms with Crippen LogP contribution in [-0.4, -0.2) is 26.1 Å². The number of likely N-dealkylation sites (N-methyl/N-ethyl adjacent to an activating group) is 1. The number of benzene rings is 2. The van der Waals surface area contributed by atoms with Crippen molar-refractivity contribution >= 4 is 22.6 Å². The van der Waals surface area contributed by atoms with Crippen LogP contribution in [-0.2, 0) is 11.3 Å². The van der Waals surface area contributed by atoms with Crippen molar-refractivity contribution in [2.24, 2.45) is 0 Å². The summed E-state index contributed by atoms with van der Waals surface area (Å²) in [5.74, 6) is 0.662. The van der Waals surface area contributed by atoms with Gasteiger partial charge in [0.25, 0.3) is 5.91 Å². The molecule has 0 radical (unpaired) electrons.